The Kier molecular flexibility index (Phi) is 5.70. The molecule has 110 valence electrons. The van der Waals surface area contributed by atoms with E-state index in [1.807, 2.05) is 30.3 Å². The van der Waals surface area contributed by atoms with Crippen LogP contribution in [-0.4, -0.2) is 22.6 Å². The molecule has 1 aromatic carbocycles. The van der Waals surface area contributed by atoms with Gasteiger partial charge in [-0.2, -0.15) is 0 Å². The van der Waals surface area contributed by atoms with E-state index in [1.165, 1.54) is 0 Å². The molecule has 1 aromatic rings. The number of amides is 1. The first-order chi connectivity index (χ1) is 9.28. The second-order valence-electron chi connectivity index (χ2n) is 5.67. The van der Waals surface area contributed by atoms with Gasteiger partial charge in [-0.25, -0.2) is 5.48 Å². The van der Waals surface area contributed by atoms with E-state index in [0.717, 1.165) is 5.56 Å². The third kappa shape index (κ3) is 6.33. The zero-order valence-corrected chi connectivity index (χ0v) is 12.1. The topological polar surface area (TPSA) is 75.6 Å². The van der Waals surface area contributed by atoms with E-state index in [2.05, 4.69) is 5.48 Å². The molecule has 0 saturated heterocycles. The van der Waals surface area contributed by atoms with Crippen LogP contribution in [0.1, 0.15) is 32.8 Å². The first kappa shape index (κ1) is 16.2. The Labute approximate surface area is 118 Å². The maximum Gasteiger partial charge on any atom is 0.307 e. The van der Waals surface area contributed by atoms with Crippen molar-refractivity contribution in [1.82, 2.24) is 5.48 Å². The highest BCUT2D eigenvalue weighted by atomic mass is 16.7. The molecule has 0 bridgehead atoms. The summed E-state index contributed by atoms with van der Waals surface area (Å²) in [4.78, 5) is 28.0. The van der Waals surface area contributed by atoms with Gasteiger partial charge in [-0.15, -0.1) is 0 Å². The highest BCUT2D eigenvalue weighted by Crippen LogP contribution is 2.13. The van der Waals surface area contributed by atoms with Crippen molar-refractivity contribution < 1.29 is 19.5 Å². The SMILES string of the molecule is CC(C)(C)ONC(=O)C[C@H](Cc1ccccc1)C(=O)O. The fraction of sp³-hybridized carbons (Fsp3) is 0.467. The zero-order valence-electron chi connectivity index (χ0n) is 12.1. The van der Waals surface area contributed by atoms with E-state index in [4.69, 9.17) is 4.84 Å². The molecule has 20 heavy (non-hydrogen) atoms. The summed E-state index contributed by atoms with van der Waals surface area (Å²) in [5, 5.41) is 9.19. The van der Waals surface area contributed by atoms with Crippen LogP contribution in [0.15, 0.2) is 30.3 Å². The minimum absolute atomic E-state index is 0.111. The number of aliphatic carboxylic acids is 1. The minimum Gasteiger partial charge on any atom is -0.481 e. The van der Waals surface area contributed by atoms with Crippen LogP contribution in [0.25, 0.3) is 0 Å². The number of carboxylic acid groups (broad SMARTS) is 1. The number of hydrogen-bond acceptors (Lipinski definition) is 3. The molecule has 1 rings (SSSR count). The number of carbonyl (C=O) groups is 2. The number of nitrogens with one attached hydrogen (secondary N) is 1. The number of hydrogen-bond donors (Lipinski definition) is 2. The van der Waals surface area contributed by atoms with Gasteiger partial charge in [-0.1, -0.05) is 30.3 Å². The molecular weight excluding hydrogens is 258 g/mol. The second kappa shape index (κ2) is 7.05. The quantitative estimate of drug-likeness (QED) is 0.782. The maximum absolute atomic E-state index is 11.7. The first-order valence-corrected chi connectivity index (χ1v) is 6.51. The first-order valence-electron chi connectivity index (χ1n) is 6.51. The number of rotatable bonds is 6. The molecule has 1 amide bonds. The average molecular weight is 279 g/mol. The zero-order chi connectivity index (χ0) is 15.2. The molecular formula is C15H21NO4. The van der Waals surface area contributed by atoms with E-state index in [0.29, 0.717) is 6.42 Å². The normalized spacial score (nSPS) is 12.8. The molecule has 0 saturated carbocycles. The number of carboxylic acids is 1. The second-order valence-corrected chi connectivity index (χ2v) is 5.67. The van der Waals surface area contributed by atoms with E-state index in [9.17, 15) is 14.7 Å². The van der Waals surface area contributed by atoms with Crippen LogP contribution in [0.5, 0.6) is 0 Å². The molecule has 0 aliphatic rings. The fourth-order valence-corrected chi connectivity index (χ4v) is 1.62. The van der Waals surface area contributed by atoms with Crippen LogP contribution in [0.2, 0.25) is 0 Å². The summed E-state index contributed by atoms with van der Waals surface area (Å²) in [7, 11) is 0. The van der Waals surface area contributed by atoms with Crippen molar-refractivity contribution in [2.45, 2.75) is 39.2 Å². The lowest BCUT2D eigenvalue weighted by molar-refractivity contribution is -0.151. The predicted octanol–water partition coefficient (Wildman–Crippen LogP) is 2.17. The van der Waals surface area contributed by atoms with Crippen LogP contribution in [-0.2, 0) is 20.8 Å². The van der Waals surface area contributed by atoms with Gasteiger partial charge in [0.2, 0.25) is 5.91 Å². The standard InChI is InChI=1S/C15H21NO4/c1-15(2,3)20-16-13(17)10-12(14(18)19)9-11-7-5-4-6-8-11/h4-8,12H,9-10H2,1-3H3,(H,16,17)(H,18,19)/t12-/m0/s1. The van der Waals surface area contributed by atoms with Crippen molar-refractivity contribution in [3.63, 3.8) is 0 Å². The van der Waals surface area contributed by atoms with Crippen LogP contribution < -0.4 is 5.48 Å². The number of carbonyl (C=O) groups excluding carboxylic acids is 1. The summed E-state index contributed by atoms with van der Waals surface area (Å²) >= 11 is 0. The number of benzene rings is 1. The van der Waals surface area contributed by atoms with Gasteiger partial charge in [0.25, 0.3) is 0 Å². The molecule has 0 unspecified atom stereocenters. The van der Waals surface area contributed by atoms with Gasteiger partial charge in [0.15, 0.2) is 0 Å². The molecule has 0 fully saturated rings. The van der Waals surface area contributed by atoms with Crippen molar-refractivity contribution in [2.24, 2.45) is 5.92 Å². The highest BCUT2D eigenvalue weighted by molar-refractivity contribution is 5.81. The lowest BCUT2D eigenvalue weighted by Crippen LogP contribution is -2.35. The third-order valence-corrected chi connectivity index (χ3v) is 2.58. The summed E-state index contributed by atoms with van der Waals surface area (Å²) in [5.74, 6) is -2.18. The summed E-state index contributed by atoms with van der Waals surface area (Å²) in [6.45, 7) is 5.39. The Morgan fingerprint density at radius 1 is 1.25 bits per heavy atom. The van der Waals surface area contributed by atoms with Crippen LogP contribution >= 0.6 is 0 Å². The lowest BCUT2D eigenvalue weighted by atomic mass is 9.96. The smallest absolute Gasteiger partial charge is 0.307 e. The van der Waals surface area contributed by atoms with Gasteiger partial charge in [0.1, 0.15) is 0 Å². The molecule has 0 heterocycles. The molecule has 2 N–H and O–H groups in total. The third-order valence-electron chi connectivity index (χ3n) is 2.58. The Bertz CT molecular complexity index is 451. The summed E-state index contributed by atoms with van der Waals surface area (Å²) in [5.41, 5.74) is 2.68. The van der Waals surface area contributed by atoms with Crippen LogP contribution in [0.3, 0.4) is 0 Å². The number of hydroxylamine groups is 1. The van der Waals surface area contributed by atoms with Crippen molar-refractivity contribution >= 4 is 11.9 Å². The maximum atomic E-state index is 11.7. The van der Waals surface area contributed by atoms with Gasteiger partial charge in [-0.05, 0) is 32.8 Å². The van der Waals surface area contributed by atoms with E-state index in [1.54, 1.807) is 20.8 Å². The molecule has 5 nitrogen and oxygen atoms in total. The van der Waals surface area contributed by atoms with Gasteiger partial charge >= 0.3 is 5.97 Å². The van der Waals surface area contributed by atoms with E-state index < -0.39 is 23.4 Å². The summed E-state index contributed by atoms with van der Waals surface area (Å²) < 4.78 is 0. The molecule has 0 aliphatic carbocycles. The largest absolute Gasteiger partial charge is 0.481 e. The van der Waals surface area contributed by atoms with Crippen molar-refractivity contribution in [3.8, 4) is 0 Å². The Hall–Kier alpha value is -1.88. The highest BCUT2D eigenvalue weighted by Gasteiger charge is 2.22. The molecule has 0 aromatic heterocycles. The Morgan fingerprint density at radius 3 is 2.35 bits per heavy atom. The van der Waals surface area contributed by atoms with Crippen molar-refractivity contribution in [2.75, 3.05) is 0 Å². The van der Waals surface area contributed by atoms with Crippen LogP contribution in [0, 0.1) is 5.92 Å². The Morgan fingerprint density at radius 2 is 1.85 bits per heavy atom. The monoisotopic (exact) mass is 279 g/mol. The predicted molar refractivity (Wildman–Crippen MR) is 74.9 cm³/mol. The molecule has 5 heteroatoms. The molecule has 0 aliphatic heterocycles. The molecule has 1 atom stereocenters. The van der Waals surface area contributed by atoms with E-state index in [-0.39, 0.29) is 6.42 Å². The van der Waals surface area contributed by atoms with E-state index >= 15 is 0 Å². The Balaban J connectivity index is 2.55. The van der Waals surface area contributed by atoms with Crippen LogP contribution in [0.4, 0.5) is 0 Å². The van der Waals surface area contributed by atoms with Crippen molar-refractivity contribution in [1.29, 1.82) is 0 Å². The fourth-order valence-electron chi connectivity index (χ4n) is 1.62. The molecule has 0 radical (unpaired) electrons. The van der Waals surface area contributed by atoms with Gasteiger partial charge in [0, 0.05) is 6.42 Å². The summed E-state index contributed by atoms with van der Waals surface area (Å²) in [6.07, 6.45) is 0.208. The summed E-state index contributed by atoms with van der Waals surface area (Å²) in [6, 6.07) is 9.25. The minimum atomic E-state index is -0.986. The van der Waals surface area contributed by atoms with Gasteiger partial charge in [0.05, 0.1) is 11.5 Å². The van der Waals surface area contributed by atoms with Gasteiger partial charge < -0.3 is 5.11 Å². The van der Waals surface area contributed by atoms with Gasteiger partial charge in [-0.3, -0.25) is 14.4 Å². The average Bonchev–Trinajstić information content (AvgIpc) is 2.36. The lowest BCUT2D eigenvalue weighted by Gasteiger charge is -2.20. The molecule has 0 spiro atoms. The van der Waals surface area contributed by atoms with Crippen molar-refractivity contribution in [3.05, 3.63) is 35.9 Å².